The van der Waals surface area contributed by atoms with Gasteiger partial charge < -0.3 is 10.2 Å². The molecular formula is C13H35NOSi3. The third-order valence-corrected chi connectivity index (χ3v) is 17.7. The second kappa shape index (κ2) is 5.91. The van der Waals surface area contributed by atoms with Crippen LogP contribution in [0.3, 0.4) is 0 Å². The molecule has 0 saturated heterocycles. The molecule has 0 saturated carbocycles. The minimum atomic E-state index is -1.59. The van der Waals surface area contributed by atoms with Crippen molar-refractivity contribution < 1.29 is 4.43 Å². The van der Waals surface area contributed by atoms with Gasteiger partial charge in [0.1, 0.15) is 0 Å². The molecule has 0 aliphatic heterocycles. The quantitative estimate of drug-likeness (QED) is 0.720. The molecule has 0 rings (SSSR count). The molecule has 2 nitrogen and oxygen atoms in total. The third kappa shape index (κ3) is 4.59. The maximum atomic E-state index is 6.86. The second-order valence-electron chi connectivity index (χ2n) is 8.29. The monoisotopic (exact) mass is 305 g/mol. The van der Waals surface area contributed by atoms with E-state index in [1.807, 2.05) is 0 Å². The van der Waals surface area contributed by atoms with E-state index in [0.717, 1.165) is 13.0 Å². The zero-order valence-electron chi connectivity index (χ0n) is 14.1. The van der Waals surface area contributed by atoms with Gasteiger partial charge in [-0.05, 0) is 39.0 Å². The van der Waals surface area contributed by atoms with Crippen LogP contribution in [0.15, 0.2) is 0 Å². The molecule has 0 amide bonds. The first-order valence-electron chi connectivity index (χ1n) is 7.17. The fraction of sp³-hybridized carbons (Fsp3) is 1.00. The molecule has 0 aromatic heterocycles. The molecule has 5 heteroatoms. The molecule has 0 aliphatic carbocycles. The Hall–Kier alpha value is 0.571. The zero-order valence-corrected chi connectivity index (χ0v) is 17.1. The van der Waals surface area contributed by atoms with Crippen molar-refractivity contribution in [2.75, 3.05) is 6.54 Å². The lowest BCUT2D eigenvalue weighted by Crippen LogP contribution is -2.69. The highest BCUT2D eigenvalue weighted by molar-refractivity contribution is 6.99. The molecule has 0 radical (unpaired) electrons. The summed E-state index contributed by atoms with van der Waals surface area (Å²) in [4.78, 5) is 0.157. The van der Waals surface area contributed by atoms with Crippen molar-refractivity contribution >= 4 is 24.5 Å². The van der Waals surface area contributed by atoms with E-state index in [0.29, 0.717) is 0 Å². The maximum absolute atomic E-state index is 6.86. The molecule has 0 spiro atoms. The largest absolute Gasteiger partial charge is 0.418 e. The number of rotatable bonds is 7. The first-order chi connectivity index (χ1) is 7.77. The molecular weight excluding hydrogens is 270 g/mol. The van der Waals surface area contributed by atoms with Gasteiger partial charge in [-0.2, -0.15) is 0 Å². The Morgan fingerprint density at radius 1 is 0.889 bits per heavy atom. The van der Waals surface area contributed by atoms with E-state index in [4.69, 9.17) is 10.2 Å². The fourth-order valence-corrected chi connectivity index (χ4v) is 17.9. The third-order valence-electron chi connectivity index (χ3n) is 4.33. The fourth-order valence-electron chi connectivity index (χ4n) is 2.56. The number of hydrogen-bond acceptors (Lipinski definition) is 2. The lowest BCUT2D eigenvalue weighted by molar-refractivity contribution is 0.225. The smallest absolute Gasteiger partial charge is 0.186 e. The Kier molecular flexibility index (Phi) is 6.10. The summed E-state index contributed by atoms with van der Waals surface area (Å²) in [6.07, 6.45) is 1.10. The summed E-state index contributed by atoms with van der Waals surface area (Å²) in [7, 11) is -4.29. The van der Waals surface area contributed by atoms with Gasteiger partial charge in [0.05, 0.1) is 16.1 Å². The highest BCUT2D eigenvalue weighted by atomic mass is 28.4. The molecule has 18 heavy (non-hydrogen) atoms. The van der Waals surface area contributed by atoms with E-state index in [-0.39, 0.29) is 4.85 Å². The van der Waals surface area contributed by atoms with Gasteiger partial charge in [-0.25, -0.2) is 0 Å². The lowest BCUT2D eigenvalue weighted by Gasteiger charge is -2.53. The molecule has 0 aromatic carbocycles. The van der Waals surface area contributed by atoms with Gasteiger partial charge in [-0.15, -0.1) is 0 Å². The summed E-state index contributed by atoms with van der Waals surface area (Å²) in [6.45, 7) is 22.7. The summed E-state index contributed by atoms with van der Waals surface area (Å²) >= 11 is 0. The molecule has 0 atom stereocenters. The topological polar surface area (TPSA) is 35.2 Å². The highest BCUT2D eigenvalue weighted by Crippen LogP contribution is 2.37. The summed E-state index contributed by atoms with van der Waals surface area (Å²) in [5.74, 6) is 0. The highest BCUT2D eigenvalue weighted by Gasteiger charge is 2.52. The van der Waals surface area contributed by atoms with E-state index in [1.165, 1.54) is 6.04 Å². The van der Waals surface area contributed by atoms with Crippen LogP contribution in [0.25, 0.3) is 0 Å². The van der Waals surface area contributed by atoms with E-state index in [2.05, 4.69) is 59.3 Å². The van der Waals surface area contributed by atoms with E-state index >= 15 is 0 Å². The van der Waals surface area contributed by atoms with Crippen LogP contribution in [0.4, 0.5) is 0 Å². The molecule has 0 fully saturated rings. The minimum Gasteiger partial charge on any atom is -0.418 e. The van der Waals surface area contributed by atoms with Gasteiger partial charge in [-0.1, -0.05) is 39.3 Å². The van der Waals surface area contributed by atoms with Gasteiger partial charge in [0.25, 0.3) is 0 Å². The van der Waals surface area contributed by atoms with Crippen LogP contribution in [0.2, 0.25) is 58.4 Å². The van der Waals surface area contributed by atoms with Crippen molar-refractivity contribution in [3.05, 3.63) is 0 Å². The van der Waals surface area contributed by atoms with Gasteiger partial charge in [0.15, 0.2) is 8.32 Å². The van der Waals surface area contributed by atoms with Crippen molar-refractivity contribution in [3.8, 4) is 0 Å². The SMILES string of the molecule is CC(O[Si](C)(C)CCCN)([Si](C)(C)C)[Si](C)(C)C. The maximum Gasteiger partial charge on any atom is 0.186 e. The van der Waals surface area contributed by atoms with Crippen LogP contribution in [0, 0.1) is 0 Å². The van der Waals surface area contributed by atoms with Gasteiger partial charge in [0.2, 0.25) is 0 Å². The van der Waals surface area contributed by atoms with Gasteiger partial charge in [0, 0.05) is 4.85 Å². The van der Waals surface area contributed by atoms with Gasteiger partial charge >= 0.3 is 0 Å². The van der Waals surface area contributed by atoms with E-state index < -0.39 is 24.5 Å². The molecule has 0 unspecified atom stereocenters. The predicted molar refractivity (Wildman–Crippen MR) is 92.1 cm³/mol. The number of hydrogen-bond donors (Lipinski definition) is 1. The lowest BCUT2D eigenvalue weighted by atomic mass is 10.5. The van der Waals surface area contributed by atoms with Gasteiger partial charge in [-0.3, -0.25) is 0 Å². The summed E-state index contributed by atoms with van der Waals surface area (Å²) in [5, 5.41) is 0. The summed E-state index contributed by atoms with van der Waals surface area (Å²) in [6, 6.07) is 1.19. The first kappa shape index (κ1) is 18.6. The van der Waals surface area contributed by atoms with Crippen molar-refractivity contribution in [3.63, 3.8) is 0 Å². The molecule has 0 aliphatic rings. The van der Waals surface area contributed by atoms with Crippen LogP contribution in [0.1, 0.15) is 13.3 Å². The Morgan fingerprint density at radius 2 is 1.28 bits per heavy atom. The molecule has 0 bridgehead atoms. The molecule has 0 aromatic rings. The zero-order chi connectivity index (χ0) is 14.8. The van der Waals surface area contributed by atoms with Crippen LogP contribution < -0.4 is 5.73 Å². The van der Waals surface area contributed by atoms with E-state index in [1.54, 1.807) is 0 Å². The first-order valence-corrected chi connectivity index (χ1v) is 17.3. The number of nitrogens with two attached hydrogens (primary N) is 1. The molecule has 110 valence electrons. The second-order valence-corrected chi connectivity index (χ2v) is 23.9. The average molecular weight is 306 g/mol. The van der Waals surface area contributed by atoms with Crippen LogP contribution in [0.5, 0.6) is 0 Å². The van der Waals surface area contributed by atoms with Crippen LogP contribution >= 0.6 is 0 Å². The standard InChI is InChI=1S/C13H35NOSi3/c1-13(16(2,3)4,17(5,6)7)15-18(8,9)12-10-11-14/h10-12,14H2,1-9H3. The van der Waals surface area contributed by atoms with Crippen LogP contribution in [-0.2, 0) is 4.43 Å². The van der Waals surface area contributed by atoms with Crippen molar-refractivity contribution in [1.29, 1.82) is 0 Å². The normalized spacial score (nSPS) is 15.0. The van der Waals surface area contributed by atoms with E-state index in [9.17, 15) is 0 Å². The predicted octanol–water partition coefficient (Wildman–Crippen LogP) is 4.07. The minimum absolute atomic E-state index is 0.157. The molecule has 2 N–H and O–H groups in total. The van der Waals surface area contributed by atoms with Crippen LogP contribution in [-0.4, -0.2) is 35.9 Å². The Balaban J connectivity index is 5.16. The van der Waals surface area contributed by atoms with Crippen molar-refractivity contribution in [2.45, 2.75) is 76.6 Å². The summed E-state index contributed by atoms with van der Waals surface area (Å²) in [5.41, 5.74) is 5.66. The Bertz CT molecular complexity index is 252. The van der Waals surface area contributed by atoms with Crippen molar-refractivity contribution in [1.82, 2.24) is 0 Å². The Labute approximate surface area is 118 Å². The van der Waals surface area contributed by atoms with Crippen molar-refractivity contribution in [2.24, 2.45) is 5.73 Å². The summed E-state index contributed by atoms with van der Waals surface area (Å²) < 4.78 is 6.86. The Morgan fingerprint density at radius 3 is 1.56 bits per heavy atom. The molecule has 0 heterocycles. The average Bonchev–Trinajstić information content (AvgIpc) is 2.10.